The molecule has 0 bridgehead atoms. The van der Waals surface area contributed by atoms with E-state index in [2.05, 4.69) is 40.1 Å². The molecular weight excluding hydrogens is 315 g/mol. The van der Waals surface area contributed by atoms with E-state index in [1.165, 1.54) is 12.1 Å². The van der Waals surface area contributed by atoms with Crippen LogP contribution >= 0.6 is 27.3 Å². The van der Waals surface area contributed by atoms with Crippen molar-refractivity contribution in [3.05, 3.63) is 39.6 Å². The van der Waals surface area contributed by atoms with Crippen LogP contribution in [0.25, 0.3) is 10.6 Å². The molecule has 0 spiro atoms. The van der Waals surface area contributed by atoms with Crippen molar-refractivity contribution >= 4 is 27.3 Å². The summed E-state index contributed by atoms with van der Waals surface area (Å²) in [5.74, 6) is -0.253. The molecule has 0 saturated carbocycles. The summed E-state index contributed by atoms with van der Waals surface area (Å²) in [5.41, 5.74) is 0.808. The molecule has 96 valence electrons. The quantitative estimate of drug-likeness (QED) is 0.909. The molecule has 0 aliphatic carbocycles. The average molecular weight is 329 g/mol. The smallest absolute Gasteiger partial charge is 0.125 e. The molecule has 0 amide bonds. The van der Waals surface area contributed by atoms with Gasteiger partial charge in [0, 0.05) is 33.7 Å². The van der Waals surface area contributed by atoms with Crippen molar-refractivity contribution in [3.8, 4) is 10.6 Å². The third-order valence-corrected chi connectivity index (χ3v) is 3.85. The first kappa shape index (κ1) is 13.6. The van der Waals surface area contributed by atoms with Gasteiger partial charge in [-0.05, 0) is 18.2 Å². The zero-order valence-corrected chi connectivity index (χ0v) is 12.6. The predicted molar refractivity (Wildman–Crippen MR) is 77.2 cm³/mol. The van der Waals surface area contributed by atoms with Crippen molar-refractivity contribution in [2.75, 3.05) is 0 Å². The predicted octanol–water partition coefficient (Wildman–Crippen LogP) is 4.21. The molecule has 2 nitrogen and oxygen atoms in total. The fourth-order valence-electron chi connectivity index (χ4n) is 1.50. The van der Waals surface area contributed by atoms with E-state index in [4.69, 9.17) is 0 Å². The lowest BCUT2D eigenvalue weighted by molar-refractivity contribution is 0.593. The maximum absolute atomic E-state index is 13.3. The number of nitrogens with zero attached hydrogens (tertiary/aromatic N) is 1. The number of halogens is 2. The molecule has 1 aromatic carbocycles. The van der Waals surface area contributed by atoms with Gasteiger partial charge in [-0.2, -0.15) is 0 Å². The van der Waals surface area contributed by atoms with Crippen LogP contribution in [-0.4, -0.2) is 11.0 Å². The number of aromatic nitrogens is 1. The molecule has 2 aromatic rings. The van der Waals surface area contributed by atoms with Gasteiger partial charge in [0.2, 0.25) is 0 Å². The summed E-state index contributed by atoms with van der Waals surface area (Å²) in [4.78, 5) is 5.49. The van der Waals surface area contributed by atoms with Crippen molar-refractivity contribution in [1.29, 1.82) is 0 Å². The Morgan fingerprint density at radius 3 is 2.83 bits per heavy atom. The van der Waals surface area contributed by atoms with Crippen LogP contribution in [0, 0.1) is 5.82 Å². The molecule has 0 atom stereocenters. The van der Waals surface area contributed by atoms with Crippen LogP contribution in [0.3, 0.4) is 0 Å². The monoisotopic (exact) mass is 328 g/mol. The summed E-state index contributed by atoms with van der Waals surface area (Å²) in [7, 11) is 0. The minimum atomic E-state index is -0.253. The molecular formula is C13H14BrFN2S. The molecule has 0 unspecified atom stereocenters. The lowest BCUT2D eigenvalue weighted by Crippen LogP contribution is -2.21. The Morgan fingerprint density at radius 2 is 2.17 bits per heavy atom. The van der Waals surface area contributed by atoms with Gasteiger partial charge in [-0.1, -0.05) is 29.8 Å². The molecule has 0 aliphatic rings. The molecule has 0 radical (unpaired) electrons. The second kappa shape index (κ2) is 5.91. The molecule has 2 rings (SSSR count). The summed E-state index contributed by atoms with van der Waals surface area (Å²) in [6, 6.07) is 5.27. The summed E-state index contributed by atoms with van der Waals surface area (Å²) in [5, 5.41) is 4.18. The maximum Gasteiger partial charge on any atom is 0.125 e. The van der Waals surface area contributed by atoms with Crippen molar-refractivity contribution < 1.29 is 4.39 Å². The minimum Gasteiger partial charge on any atom is -0.310 e. The van der Waals surface area contributed by atoms with E-state index in [0.29, 0.717) is 6.04 Å². The zero-order valence-electron chi connectivity index (χ0n) is 10.2. The molecule has 1 aromatic heterocycles. The fraction of sp³-hybridized carbons (Fsp3) is 0.308. The fourth-order valence-corrected chi connectivity index (χ4v) is 2.82. The Bertz CT molecular complexity index is 519. The summed E-state index contributed by atoms with van der Waals surface area (Å²) in [6.07, 6.45) is 1.84. The molecule has 0 saturated heterocycles. The Hall–Kier alpha value is -0.780. The summed E-state index contributed by atoms with van der Waals surface area (Å²) < 4.78 is 14.0. The third kappa shape index (κ3) is 3.60. The highest BCUT2D eigenvalue weighted by atomic mass is 79.9. The highest BCUT2D eigenvalue weighted by Gasteiger charge is 2.07. The zero-order chi connectivity index (χ0) is 13.1. The summed E-state index contributed by atoms with van der Waals surface area (Å²) in [6.45, 7) is 5.00. The first-order valence-electron chi connectivity index (χ1n) is 5.69. The second-order valence-electron chi connectivity index (χ2n) is 4.33. The number of thiazole rings is 1. The SMILES string of the molecule is CC(C)NCc1cnc(-c2cc(F)cc(Br)c2)s1. The number of rotatable bonds is 4. The van der Waals surface area contributed by atoms with Gasteiger partial charge < -0.3 is 5.32 Å². The van der Waals surface area contributed by atoms with Crippen LogP contribution in [0.4, 0.5) is 4.39 Å². The number of benzene rings is 1. The normalized spacial score (nSPS) is 11.2. The van der Waals surface area contributed by atoms with E-state index in [1.807, 2.05) is 12.3 Å². The van der Waals surface area contributed by atoms with Gasteiger partial charge in [0.05, 0.1) is 0 Å². The third-order valence-electron chi connectivity index (χ3n) is 2.35. The highest BCUT2D eigenvalue weighted by Crippen LogP contribution is 2.28. The van der Waals surface area contributed by atoms with Gasteiger partial charge in [0.1, 0.15) is 10.8 Å². The highest BCUT2D eigenvalue weighted by molar-refractivity contribution is 9.10. The van der Waals surface area contributed by atoms with Crippen LogP contribution in [0.2, 0.25) is 0 Å². The standard InChI is InChI=1S/C13H14BrFN2S/c1-8(2)16-6-12-7-17-13(18-12)9-3-10(14)5-11(15)4-9/h3-5,7-8,16H,6H2,1-2H3. The van der Waals surface area contributed by atoms with Gasteiger partial charge in [-0.15, -0.1) is 11.3 Å². The topological polar surface area (TPSA) is 24.9 Å². The minimum absolute atomic E-state index is 0.253. The molecule has 1 N–H and O–H groups in total. The van der Waals surface area contributed by atoms with Crippen LogP contribution in [0.15, 0.2) is 28.9 Å². The van der Waals surface area contributed by atoms with E-state index < -0.39 is 0 Å². The Balaban J connectivity index is 2.18. The summed E-state index contributed by atoms with van der Waals surface area (Å²) >= 11 is 4.88. The molecule has 0 aliphatic heterocycles. The second-order valence-corrected chi connectivity index (χ2v) is 6.36. The lowest BCUT2D eigenvalue weighted by atomic mass is 10.2. The van der Waals surface area contributed by atoms with Crippen molar-refractivity contribution in [1.82, 2.24) is 10.3 Å². The van der Waals surface area contributed by atoms with Gasteiger partial charge >= 0.3 is 0 Å². The van der Waals surface area contributed by atoms with Crippen molar-refractivity contribution in [3.63, 3.8) is 0 Å². The van der Waals surface area contributed by atoms with E-state index in [-0.39, 0.29) is 5.82 Å². The van der Waals surface area contributed by atoms with Crippen molar-refractivity contribution in [2.24, 2.45) is 0 Å². The first-order valence-corrected chi connectivity index (χ1v) is 7.30. The first-order chi connectivity index (χ1) is 8.54. The lowest BCUT2D eigenvalue weighted by Gasteiger charge is -2.04. The van der Waals surface area contributed by atoms with Crippen LogP contribution in [0.5, 0.6) is 0 Å². The maximum atomic E-state index is 13.3. The molecule has 18 heavy (non-hydrogen) atoms. The van der Waals surface area contributed by atoms with Crippen LogP contribution < -0.4 is 5.32 Å². The van der Waals surface area contributed by atoms with Gasteiger partial charge in [0.25, 0.3) is 0 Å². The average Bonchev–Trinajstić information content (AvgIpc) is 2.73. The van der Waals surface area contributed by atoms with E-state index in [1.54, 1.807) is 11.3 Å². The Morgan fingerprint density at radius 1 is 1.39 bits per heavy atom. The molecule has 5 heteroatoms. The van der Waals surface area contributed by atoms with Crippen LogP contribution in [0.1, 0.15) is 18.7 Å². The van der Waals surface area contributed by atoms with Crippen LogP contribution in [-0.2, 0) is 6.54 Å². The number of hydrogen-bond acceptors (Lipinski definition) is 3. The largest absolute Gasteiger partial charge is 0.310 e. The van der Waals surface area contributed by atoms with E-state index in [9.17, 15) is 4.39 Å². The van der Waals surface area contributed by atoms with E-state index in [0.717, 1.165) is 26.5 Å². The van der Waals surface area contributed by atoms with Gasteiger partial charge in [-0.3, -0.25) is 0 Å². The van der Waals surface area contributed by atoms with Gasteiger partial charge in [-0.25, -0.2) is 9.37 Å². The van der Waals surface area contributed by atoms with E-state index >= 15 is 0 Å². The Kier molecular flexibility index (Phi) is 4.48. The van der Waals surface area contributed by atoms with Crippen molar-refractivity contribution in [2.45, 2.75) is 26.4 Å². The molecule has 0 fully saturated rings. The molecule has 1 heterocycles. The number of nitrogens with one attached hydrogen (secondary N) is 1. The van der Waals surface area contributed by atoms with Gasteiger partial charge in [0.15, 0.2) is 0 Å². The Labute approximate surface area is 118 Å². The number of hydrogen-bond donors (Lipinski definition) is 1.